The third-order valence-electron chi connectivity index (χ3n) is 9.72. The Kier molecular flexibility index (Phi) is 9.48. The average molecular weight is 607 g/mol. The van der Waals surface area contributed by atoms with Gasteiger partial charge in [0.2, 0.25) is 11.9 Å². The normalized spacial score (nSPS) is 24.7. The van der Waals surface area contributed by atoms with Crippen LogP contribution < -0.4 is 30.5 Å². The molecule has 1 saturated heterocycles. The topological polar surface area (TPSA) is 135 Å². The van der Waals surface area contributed by atoms with Gasteiger partial charge in [0.05, 0.1) is 18.5 Å². The predicted molar refractivity (Wildman–Crippen MR) is 170 cm³/mol. The number of hydrogen-bond acceptors (Lipinski definition) is 10. The van der Waals surface area contributed by atoms with Gasteiger partial charge >= 0.3 is 0 Å². The Morgan fingerprint density at radius 2 is 1.84 bits per heavy atom. The van der Waals surface area contributed by atoms with E-state index in [1.54, 1.807) is 36.3 Å². The number of aromatic nitrogens is 2. The Labute approximate surface area is 259 Å². The smallest absolute Gasteiger partial charge is 0.251 e. The molecule has 2 aliphatic heterocycles. The number of rotatable bonds is 9. The summed E-state index contributed by atoms with van der Waals surface area (Å²) in [5.74, 6) is 1.45. The lowest BCUT2D eigenvalue weighted by Crippen LogP contribution is -2.54. The summed E-state index contributed by atoms with van der Waals surface area (Å²) >= 11 is 0. The first-order chi connectivity index (χ1) is 21.4. The quantitative estimate of drug-likeness (QED) is 0.338. The molecule has 3 heterocycles. The third-order valence-corrected chi connectivity index (χ3v) is 9.72. The molecule has 4 N–H and O–H groups in total. The van der Waals surface area contributed by atoms with Gasteiger partial charge in [0.25, 0.3) is 5.91 Å². The number of benzene rings is 1. The average Bonchev–Trinajstić information content (AvgIpc) is 3.58. The molecular weight excluding hydrogens is 560 g/mol. The minimum Gasteiger partial charge on any atom is -0.489 e. The third kappa shape index (κ3) is 6.47. The van der Waals surface area contributed by atoms with Crippen molar-refractivity contribution < 1.29 is 19.4 Å². The Balaban J connectivity index is 1.16. The molecule has 4 aliphatic rings. The fourth-order valence-corrected chi connectivity index (χ4v) is 7.29. The van der Waals surface area contributed by atoms with Crippen LogP contribution in [0.1, 0.15) is 68.6 Å². The molecule has 0 spiro atoms. The second-order valence-electron chi connectivity index (χ2n) is 12.5. The van der Waals surface area contributed by atoms with Crippen LogP contribution >= 0.6 is 0 Å². The number of ether oxygens (including phenoxy) is 1. The highest BCUT2D eigenvalue weighted by Gasteiger charge is 2.39. The first kappa shape index (κ1) is 30.5. The van der Waals surface area contributed by atoms with Crippen LogP contribution in [0, 0.1) is 0 Å². The lowest BCUT2D eigenvalue weighted by Gasteiger charge is -2.42. The molecule has 12 nitrogen and oxygen atoms in total. The molecule has 12 heteroatoms. The minimum atomic E-state index is -0.309. The molecule has 44 heavy (non-hydrogen) atoms. The second-order valence-corrected chi connectivity index (χ2v) is 12.5. The summed E-state index contributed by atoms with van der Waals surface area (Å²) < 4.78 is 5.86. The van der Waals surface area contributed by atoms with Crippen LogP contribution in [0.4, 0.5) is 23.1 Å². The van der Waals surface area contributed by atoms with Gasteiger partial charge in [0.1, 0.15) is 24.1 Å². The Hall–Kier alpha value is -3.48. The molecular formula is C32H46N8O4. The molecule has 6 rings (SSSR count). The van der Waals surface area contributed by atoms with Gasteiger partial charge in [-0.15, -0.1) is 0 Å². The molecule has 0 unspecified atom stereocenters. The molecule has 1 aromatic carbocycles. The molecule has 0 bridgehead atoms. The maximum absolute atomic E-state index is 13.3. The van der Waals surface area contributed by atoms with Crippen molar-refractivity contribution >= 4 is 35.0 Å². The van der Waals surface area contributed by atoms with Crippen LogP contribution in [0.3, 0.4) is 0 Å². The van der Waals surface area contributed by atoms with Crippen LogP contribution in [0.25, 0.3) is 0 Å². The van der Waals surface area contributed by atoms with Crippen molar-refractivity contribution in [2.24, 2.45) is 0 Å². The molecule has 238 valence electrons. The van der Waals surface area contributed by atoms with Gasteiger partial charge < -0.3 is 35.6 Å². The van der Waals surface area contributed by atoms with Gasteiger partial charge in [-0.3, -0.25) is 14.5 Å². The Bertz CT molecular complexity index is 1320. The summed E-state index contributed by atoms with van der Waals surface area (Å²) in [5, 5.41) is 19.4. The van der Waals surface area contributed by atoms with E-state index in [-0.39, 0.29) is 43.2 Å². The summed E-state index contributed by atoms with van der Waals surface area (Å²) in [5.41, 5.74) is 1.78. The van der Waals surface area contributed by atoms with E-state index >= 15 is 0 Å². The SMILES string of the molecule is C[C@@H]1C(=O)N(C)c2cnc(Nc3ccc(C(=O)NC4CCC(N5CCNCC5)CC4)cc3OCCO)nc2N1C1CCCC1. The van der Waals surface area contributed by atoms with E-state index in [2.05, 4.69) is 30.7 Å². The summed E-state index contributed by atoms with van der Waals surface area (Å²) in [6, 6.07) is 5.98. The van der Waals surface area contributed by atoms with Crippen molar-refractivity contribution in [1.82, 2.24) is 25.5 Å². The zero-order chi connectivity index (χ0) is 30.6. The number of aliphatic hydroxyl groups excluding tert-OH is 1. The maximum Gasteiger partial charge on any atom is 0.251 e. The van der Waals surface area contributed by atoms with Gasteiger partial charge in [-0.05, 0) is 63.6 Å². The number of piperazine rings is 1. The van der Waals surface area contributed by atoms with Crippen molar-refractivity contribution in [1.29, 1.82) is 0 Å². The highest BCUT2D eigenvalue weighted by Crippen LogP contribution is 2.39. The first-order valence-corrected chi connectivity index (χ1v) is 16.3. The molecule has 0 radical (unpaired) electrons. The number of carbonyl (C=O) groups excluding carboxylic acids is 2. The number of nitrogens with zero attached hydrogens (tertiary/aromatic N) is 5. The van der Waals surface area contributed by atoms with Gasteiger partial charge in [-0.25, -0.2) is 4.98 Å². The lowest BCUT2D eigenvalue weighted by molar-refractivity contribution is -0.119. The van der Waals surface area contributed by atoms with E-state index in [4.69, 9.17) is 9.72 Å². The van der Waals surface area contributed by atoms with E-state index in [9.17, 15) is 14.7 Å². The van der Waals surface area contributed by atoms with Gasteiger partial charge in [0, 0.05) is 56.9 Å². The van der Waals surface area contributed by atoms with Crippen LogP contribution in [0.5, 0.6) is 5.75 Å². The number of anilines is 4. The monoisotopic (exact) mass is 606 g/mol. The molecule has 2 aliphatic carbocycles. The van der Waals surface area contributed by atoms with Crippen molar-refractivity contribution in [2.45, 2.75) is 82.5 Å². The fraction of sp³-hybridized carbons (Fsp3) is 0.625. The number of likely N-dealkylation sites (N-methyl/N-ethyl adjacent to an activating group) is 1. The van der Waals surface area contributed by atoms with Crippen molar-refractivity contribution in [2.75, 3.05) is 61.6 Å². The number of carbonyl (C=O) groups is 2. The Morgan fingerprint density at radius 1 is 1.09 bits per heavy atom. The number of fused-ring (bicyclic) bond motifs is 1. The zero-order valence-corrected chi connectivity index (χ0v) is 25.9. The molecule has 1 atom stereocenters. The number of aliphatic hydroxyl groups is 1. The molecule has 1 aromatic heterocycles. The first-order valence-electron chi connectivity index (χ1n) is 16.3. The zero-order valence-electron chi connectivity index (χ0n) is 25.9. The summed E-state index contributed by atoms with van der Waals surface area (Å²) in [7, 11) is 1.77. The van der Waals surface area contributed by atoms with E-state index in [0.717, 1.165) is 83.4 Å². The highest BCUT2D eigenvalue weighted by molar-refractivity contribution is 6.04. The maximum atomic E-state index is 13.3. The summed E-state index contributed by atoms with van der Waals surface area (Å²) in [4.78, 5) is 42.1. The van der Waals surface area contributed by atoms with E-state index < -0.39 is 0 Å². The van der Waals surface area contributed by atoms with Gasteiger partial charge in [-0.2, -0.15) is 4.98 Å². The van der Waals surface area contributed by atoms with E-state index in [0.29, 0.717) is 34.7 Å². The standard InChI is InChI=1S/C32H46N8O4/c1-21-31(43)38(2)27-20-34-32(37-29(27)40(21)25-5-3-4-6-25)36-26-12-7-22(19-28(26)44-18-17-41)30(42)35-23-8-10-24(11-9-23)39-15-13-33-14-16-39/h7,12,19-21,23-25,33,41H,3-6,8-11,13-18H2,1-2H3,(H,35,42)(H,34,36,37)/t21-,23?,24?/m1/s1. The van der Waals surface area contributed by atoms with Crippen LogP contribution in [0.15, 0.2) is 24.4 Å². The largest absolute Gasteiger partial charge is 0.489 e. The molecule has 2 amide bonds. The lowest BCUT2D eigenvalue weighted by atomic mass is 9.89. The molecule has 2 aromatic rings. The number of hydrogen-bond donors (Lipinski definition) is 4. The summed E-state index contributed by atoms with van der Waals surface area (Å²) in [6.07, 6.45) is 10.2. The van der Waals surface area contributed by atoms with Crippen LogP contribution in [0.2, 0.25) is 0 Å². The van der Waals surface area contributed by atoms with Crippen LogP contribution in [-0.4, -0.2) is 102 Å². The fourth-order valence-electron chi connectivity index (χ4n) is 7.29. The number of amides is 2. The summed E-state index contributed by atoms with van der Waals surface area (Å²) in [6.45, 7) is 6.18. The predicted octanol–water partition coefficient (Wildman–Crippen LogP) is 2.65. The molecule has 2 saturated carbocycles. The van der Waals surface area contributed by atoms with E-state index in [1.165, 1.54) is 0 Å². The number of nitrogens with one attached hydrogen (secondary N) is 3. The highest BCUT2D eigenvalue weighted by atomic mass is 16.5. The minimum absolute atomic E-state index is 0.0369. The van der Waals surface area contributed by atoms with Crippen molar-refractivity contribution in [3.63, 3.8) is 0 Å². The van der Waals surface area contributed by atoms with Gasteiger partial charge in [-0.1, -0.05) is 12.8 Å². The van der Waals surface area contributed by atoms with Crippen molar-refractivity contribution in [3.8, 4) is 5.75 Å². The second kappa shape index (κ2) is 13.7. The van der Waals surface area contributed by atoms with E-state index in [1.807, 2.05) is 6.92 Å². The Morgan fingerprint density at radius 3 is 2.57 bits per heavy atom. The van der Waals surface area contributed by atoms with Crippen LogP contribution in [-0.2, 0) is 4.79 Å². The van der Waals surface area contributed by atoms with Crippen molar-refractivity contribution in [3.05, 3.63) is 30.0 Å². The van der Waals surface area contributed by atoms with Gasteiger partial charge in [0.15, 0.2) is 5.82 Å². The molecule has 3 fully saturated rings.